The van der Waals surface area contributed by atoms with Gasteiger partial charge in [0.25, 0.3) is 5.56 Å². The zero-order chi connectivity index (χ0) is 19.4. The van der Waals surface area contributed by atoms with E-state index < -0.39 is 0 Å². The van der Waals surface area contributed by atoms with Gasteiger partial charge >= 0.3 is 0 Å². The molecule has 0 radical (unpaired) electrons. The first-order chi connectivity index (χ1) is 14.2. The minimum atomic E-state index is 0.0826. The monoisotopic (exact) mass is 388 g/mol. The van der Waals surface area contributed by atoms with Crippen molar-refractivity contribution in [2.45, 2.75) is 31.8 Å². The molecular weight excluding hydrogens is 364 g/mol. The van der Waals surface area contributed by atoms with Gasteiger partial charge in [0.15, 0.2) is 0 Å². The molecule has 0 amide bonds. The van der Waals surface area contributed by atoms with E-state index in [1.807, 2.05) is 10.6 Å². The van der Waals surface area contributed by atoms with Crippen LogP contribution < -0.4 is 10.3 Å². The Morgan fingerprint density at radius 3 is 3.03 bits per heavy atom. The molecule has 3 aromatic rings. The molecule has 0 aliphatic carbocycles. The number of pyridine rings is 1. The Balaban J connectivity index is 1.26. The number of aromatic nitrogens is 3. The number of aromatic amines is 1. The fourth-order valence-electron chi connectivity index (χ4n) is 5.36. The third-order valence-corrected chi connectivity index (χ3v) is 6.59. The van der Waals surface area contributed by atoms with Gasteiger partial charge in [0.2, 0.25) is 0 Å². The molecule has 29 heavy (non-hydrogen) atoms. The van der Waals surface area contributed by atoms with Crippen molar-refractivity contribution in [1.82, 2.24) is 19.4 Å². The summed E-state index contributed by atoms with van der Waals surface area (Å²) in [5, 5.41) is 0. The lowest BCUT2D eigenvalue weighted by atomic mass is 9.82. The van der Waals surface area contributed by atoms with Gasteiger partial charge < -0.3 is 14.3 Å². The Kier molecular flexibility index (Phi) is 3.87. The summed E-state index contributed by atoms with van der Waals surface area (Å²) in [5.41, 5.74) is 4.62. The van der Waals surface area contributed by atoms with Gasteiger partial charge in [0.05, 0.1) is 12.2 Å². The van der Waals surface area contributed by atoms with Gasteiger partial charge in [-0.3, -0.25) is 9.69 Å². The predicted octanol–water partition coefficient (Wildman–Crippen LogP) is 2.79. The van der Waals surface area contributed by atoms with E-state index in [0.29, 0.717) is 23.2 Å². The molecule has 0 unspecified atom stereocenters. The van der Waals surface area contributed by atoms with Crippen LogP contribution in [0.2, 0.25) is 0 Å². The van der Waals surface area contributed by atoms with E-state index in [-0.39, 0.29) is 5.56 Å². The van der Waals surface area contributed by atoms with Gasteiger partial charge in [-0.05, 0) is 41.7 Å². The number of imidazole rings is 1. The average molecular weight is 388 g/mol. The predicted molar refractivity (Wildman–Crippen MR) is 110 cm³/mol. The van der Waals surface area contributed by atoms with Crippen molar-refractivity contribution in [2.75, 3.05) is 19.7 Å². The molecule has 1 N–H and O–H groups in total. The molecule has 1 fully saturated rings. The molecule has 0 saturated carbocycles. The molecule has 3 aliphatic rings. The van der Waals surface area contributed by atoms with Crippen LogP contribution in [0.4, 0.5) is 0 Å². The maximum atomic E-state index is 13.1. The van der Waals surface area contributed by atoms with Gasteiger partial charge in [0, 0.05) is 56.6 Å². The molecule has 2 atom stereocenters. The standard InChI is InChI=1S/C23H24N4O2/c28-23-19(22-24-6-7-25-22)2-3-20-18-10-16(13-27(20)23)12-26(14-18)11-15-1-4-21-17(9-15)5-8-29-21/h1-4,6-7,9,16,18H,5,8,10-14H2,(H,24,25)/t16-,18+/m0/s1. The number of fused-ring (bicyclic) bond motifs is 5. The van der Waals surface area contributed by atoms with Crippen LogP contribution in [0.3, 0.4) is 0 Å². The number of rotatable bonds is 3. The molecule has 6 nitrogen and oxygen atoms in total. The van der Waals surface area contributed by atoms with E-state index in [1.54, 1.807) is 12.4 Å². The van der Waals surface area contributed by atoms with Crippen LogP contribution in [0.15, 0.2) is 47.5 Å². The fourth-order valence-corrected chi connectivity index (χ4v) is 5.36. The van der Waals surface area contributed by atoms with E-state index in [9.17, 15) is 4.79 Å². The minimum Gasteiger partial charge on any atom is -0.493 e. The van der Waals surface area contributed by atoms with E-state index in [4.69, 9.17) is 4.74 Å². The number of hydrogen-bond donors (Lipinski definition) is 1. The van der Waals surface area contributed by atoms with Crippen LogP contribution in [0.5, 0.6) is 5.75 Å². The highest BCUT2D eigenvalue weighted by Gasteiger charge is 2.35. The molecule has 2 bridgehead atoms. The first-order valence-electron chi connectivity index (χ1n) is 10.4. The van der Waals surface area contributed by atoms with E-state index >= 15 is 0 Å². The van der Waals surface area contributed by atoms with Crippen molar-refractivity contribution in [3.63, 3.8) is 0 Å². The molecule has 1 saturated heterocycles. The van der Waals surface area contributed by atoms with Gasteiger partial charge in [-0.15, -0.1) is 0 Å². The highest BCUT2D eigenvalue weighted by molar-refractivity contribution is 5.53. The van der Waals surface area contributed by atoms with Crippen LogP contribution in [0.1, 0.15) is 29.2 Å². The summed E-state index contributed by atoms with van der Waals surface area (Å²) in [5.74, 6) is 2.63. The number of piperidine rings is 1. The second-order valence-electron chi connectivity index (χ2n) is 8.56. The van der Waals surface area contributed by atoms with Gasteiger partial charge in [-0.1, -0.05) is 12.1 Å². The quantitative estimate of drug-likeness (QED) is 0.749. The van der Waals surface area contributed by atoms with E-state index in [2.05, 4.69) is 39.1 Å². The van der Waals surface area contributed by atoms with Crippen LogP contribution >= 0.6 is 0 Å². The van der Waals surface area contributed by atoms with Crippen LogP contribution in [0, 0.1) is 5.92 Å². The Labute approximate surface area is 169 Å². The van der Waals surface area contributed by atoms with Crippen molar-refractivity contribution < 1.29 is 4.74 Å². The number of nitrogens with zero attached hydrogens (tertiary/aromatic N) is 3. The summed E-state index contributed by atoms with van der Waals surface area (Å²) in [4.78, 5) is 23.0. The van der Waals surface area contributed by atoms with Gasteiger partial charge in [-0.25, -0.2) is 4.98 Å². The Morgan fingerprint density at radius 1 is 1.17 bits per heavy atom. The second-order valence-corrected chi connectivity index (χ2v) is 8.56. The van der Waals surface area contributed by atoms with Crippen molar-refractivity contribution in [1.29, 1.82) is 0 Å². The molecular formula is C23H24N4O2. The zero-order valence-electron chi connectivity index (χ0n) is 16.3. The van der Waals surface area contributed by atoms with Crippen molar-refractivity contribution >= 4 is 0 Å². The maximum absolute atomic E-state index is 13.1. The summed E-state index contributed by atoms with van der Waals surface area (Å²) in [6, 6.07) is 10.7. The Hall–Kier alpha value is -2.86. The third-order valence-electron chi connectivity index (χ3n) is 6.59. The summed E-state index contributed by atoms with van der Waals surface area (Å²) < 4.78 is 7.64. The molecule has 0 spiro atoms. The number of H-pyrrole nitrogens is 1. The second kappa shape index (κ2) is 6.59. The van der Waals surface area contributed by atoms with Crippen molar-refractivity contribution in [3.8, 4) is 17.1 Å². The highest BCUT2D eigenvalue weighted by Crippen LogP contribution is 2.36. The topological polar surface area (TPSA) is 63.2 Å². The number of hydrogen-bond acceptors (Lipinski definition) is 4. The molecule has 3 aliphatic heterocycles. The lowest BCUT2D eigenvalue weighted by Crippen LogP contribution is -2.47. The third kappa shape index (κ3) is 2.90. The van der Waals surface area contributed by atoms with Crippen molar-refractivity contribution in [3.05, 3.63) is 69.9 Å². The van der Waals surface area contributed by atoms with Gasteiger partial charge in [0.1, 0.15) is 11.6 Å². The summed E-state index contributed by atoms with van der Waals surface area (Å²) >= 11 is 0. The Bertz CT molecular complexity index is 1120. The van der Waals surface area contributed by atoms with Crippen LogP contribution in [-0.4, -0.2) is 39.1 Å². The molecule has 6 rings (SSSR count). The smallest absolute Gasteiger partial charge is 0.261 e. The normalized spacial score (nSPS) is 22.8. The zero-order valence-corrected chi connectivity index (χ0v) is 16.3. The summed E-state index contributed by atoms with van der Waals surface area (Å²) in [6.07, 6.45) is 5.64. The van der Waals surface area contributed by atoms with E-state index in [0.717, 1.165) is 45.0 Å². The number of nitrogens with one attached hydrogen (secondary N) is 1. The molecule has 6 heteroatoms. The van der Waals surface area contributed by atoms with Gasteiger partial charge in [-0.2, -0.15) is 0 Å². The fraction of sp³-hybridized carbons (Fsp3) is 0.391. The van der Waals surface area contributed by atoms with E-state index in [1.165, 1.54) is 23.2 Å². The first-order valence-corrected chi connectivity index (χ1v) is 10.4. The number of benzene rings is 1. The summed E-state index contributed by atoms with van der Waals surface area (Å²) in [7, 11) is 0. The SMILES string of the molecule is O=c1c(-c2ncc[nH]2)ccc2n1C[C@H]1C[C@@H]2CN(Cc2ccc3c(c2)CCO3)C1. The van der Waals surface area contributed by atoms with Crippen LogP contribution in [0.25, 0.3) is 11.4 Å². The average Bonchev–Trinajstić information content (AvgIpc) is 3.40. The summed E-state index contributed by atoms with van der Waals surface area (Å²) in [6.45, 7) is 4.62. The molecule has 1 aromatic carbocycles. The van der Waals surface area contributed by atoms with Crippen molar-refractivity contribution in [2.24, 2.45) is 5.92 Å². The molecule has 5 heterocycles. The highest BCUT2D eigenvalue weighted by atomic mass is 16.5. The minimum absolute atomic E-state index is 0.0826. The largest absolute Gasteiger partial charge is 0.493 e. The number of likely N-dealkylation sites (tertiary alicyclic amines) is 1. The van der Waals surface area contributed by atoms with Crippen LogP contribution in [-0.2, 0) is 19.5 Å². The lowest BCUT2D eigenvalue weighted by Gasteiger charge is -2.43. The lowest BCUT2D eigenvalue weighted by molar-refractivity contribution is 0.114. The number of ether oxygens (including phenoxy) is 1. The Morgan fingerprint density at radius 2 is 2.14 bits per heavy atom. The molecule has 2 aromatic heterocycles. The molecule has 148 valence electrons. The maximum Gasteiger partial charge on any atom is 0.261 e. The first kappa shape index (κ1) is 17.0.